The van der Waals surface area contributed by atoms with Gasteiger partial charge in [-0.2, -0.15) is 8.78 Å². The van der Waals surface area contributed by atoms with E-state index in [0.717, 1.165) is 11.3 Å². The van der Waals surface area contributed by atoms with E-state index in [4.69, 9.17) is 17.0 Å². The Morgan fingerprint density at radius 2 is 1.78 bits per heavy atom. The average Bonchev–Trinajstić information content (AvgIpc) is 2.63. The predicted molar refractivity (Wildman–Crippen MR) is 106 cm³/mol. The molecule has 2 aromatic rings. The number of quaternary nitrogens is 1. The molecule has 0 aliphatic rings. The molecule has 0 unspecified atom stereocenters. The number of hydrogen-bond donors (Lipinski definition) is 3. The van der Waals surface area contributed by atoms with Crippen molar-refractivity contribution in [2.45, 2.75) is 12.7 Å². The summed E-state index contributed by atoms with van der Waals surface area (Å²) in [5, 5.41) is 6.68. The van der Waals surface area contributed by atoms with Gasteiger partial charge in [0.15, 0.2) is 5.11 Å². The normalized spacial score (nSPS) is 12.0. The van der Waals surface area contributed by atoms with Crippen molar-refractivity contribution in [3.8, 4) is 11.5 Å². The van der Waals surface area contributed by atoms with E-state index >= 15 is 0 Å². The molecule has 3 N–H and O–H groups in total. The van der Waals surface area contributed by atoms with Crippen molar-refractivity contribution in [2.75, 3.05) is 33.1 Å². The van der Waals surface area contributed by atoms with Crippen LogP contribution in [0.1, 0.15) is 11.6 Å². The average molecular weight is 396 g/mol. The second-order valence-electron chi connectivity index (χ2n) is 6.11. The van der Waals surface area contributed by atoms with E-state index < -0.39 is 6.61 Å². The summed E-state index contributed by atoms with van der Waals surface area (Å²) in [6.07, 6.45) is 0. The molecule has 0 bridgehead atoms. The fraction of sp³-hybridized carbons (Fsp3) is 0.316. The Morgan fingerprint density at radius 3 is 2.37 bits per heavy atom. The zero-order valence-corrected chi connectivity index (χ0v) is 16.3. The molecule has 27 heavy (non-hydrogen) atoms. The van der Waals surface area contributed by atoms with E-state index in [9.17, 15) is 8.78 Å². The van der Waals surface area contributed by atoms with Crippen molar-refractivity contribution < 1.29 is 23.2 Å². The van der Waals surface area contributed by atoms with Gasteiger partial charge in [0.1, 0.15) is 17.5 Å². The summed E-state index contributed by atoms with van der Waals surface area (Å²) < 4.78 is 34.2. The topological polar surface area (TPSA) is 47.0 Å². The second kappa shape index (κ2) is 10.0. The summed E-state index contributed by atoms with van der Waals surface area (Å²) in [5.74, 6) is 0.931. The Hall–Kier alpha value is -2.45. The molecule has 0 fully saturated rings. The lowest BCUT2D eigenvalue weighted by Crippen LogP contribution is -3.07. The predicted octanol–water partition coefficient (Wildman–Crippen LogP) is 2.47. The summed E-state index contributed by atoms with van der Waals surface area (Å²) >= 11 is 5.34. The van der Waals surface area contributed by atoms with Gasteiger partial charge in [0.05, 0.1) is 33.3 Å². The molecule has 8 heteroatoms. The molecule has 2 rings (SSSR count). The summed E-state index contributed by atoms with van der Waals surface area (Å²) in [4.78, 5) is 1.23. The highest BCUT2D eigenvalue weighted by molar-refractivity contribution is 7.80. The van der Waals surface area contributed by atoms with Crippen molar-refractivity contribution in [1.29, 1.82) is 0 Å². The van der Waals surface area contributed by atoms with Crippen molar-refractivity contribution in [3.05, 3.63) is 54.1 Å². The SMILES string of the molecule is COc1ccccc1[C@@H](CNC(=S)Nc1ccc(OC(F)F)cc1)[NH+](C)C. The van der Waals surface area contributed by atoms with Crippen LogP contribution in [0.5, 0.6) is 11.5 Å². The number of nitrogens with one attached hydrogen (secondary N) is 3. The van der Waals surface area contributed by atoms with Crippen molar-refractivity contribution >= 4 is 23.0 Å². The number of hydrogen-bond acceptors (Lipinski definition) is 3. The van der Waals surface area contributed by atoms with Gasteiger partial charge in [-0.15, -0.1) is 0 Å². The van der Waals surface area contributed by atoms with Gasteiger partial charge in [0.2, 0.25) is 0 Å². The van der Waals surface area contributed by atoms with Gasteiger partial charge >= 0.3 is 6.61 Å². The van der Waals surface area contributed by atoms with Crippen LogP contribution in [0.3, 0.4) is 0 Å². The third kappa shape index (κ3) is 6.33. The molecular formula is C19H24F2N3O2S+. The number of halogens is 2. The minimum Gasteiger partial charge on any atom is -0.496 e. The minimum absolute atomic E-state index is 0.0990. The molecular weight excluding hydrogens is 372 g/mol. The Balaban J connectivity index is 1.96. The van der Waals surface area contributed by atoms with Crippen LogP contribution >= 0.6 is 12.2 Å². The van der Waals surface area contributed by atoms with E-state index in [0.29, 0.717) is 17.3 Å². The highest BCUT2D eigenvalue weighted by atomic mass is 32.1. The number of rotatable bonds is 8. The molecule has 0 aliphatic heterocycles. The maximum Gasteiger partial charge on any atom is 0.387 e. The lowest BCUT2D eigenvalue weighted by atomic mass is 10.0. The first kappa shape index (κ1) is 20.9. The lowest BCUT2D eigenvalue weighted by molar-refractivity contribution is -0.890. The second-order valence-corrected chi connectivity index (χ2v) is 6.52. The Kier molecular flexibility index (Phi) is 7.75. The summed E-state index contributed by atoms with van der Waals surface area (Å²) in [6, 6.07) is 14.2. The monoisotopic (exact) mass is 396 g/mol. The highest BCUT2D eigenvalue weighted by Crippen LogP contribution is 2.22. The molecule has 0 heterocycles. The van der Waals surface area contributed by atoms with Gasteiger partial charge in [0, 0.05) is 5.69 Å². The molecule has 0 amide bonds. The molecule has 146 valence electrons. The number of likely N-dealkylation sites (N-methyl/N-ethyl adjacent to an activating group) is 1. The molecule has 5 nitrogen and oxygen atoms in total. The highest BCUT2D eigenvalue weighted by Gasteiger charge is 2.21. The van der Waals surface area contributed by atoms with Crippen molar-refractivity contribution in [3.63, 3.8) is 0 Å². The maximum absolute atomic E-state index is 12.2. The van der Waals surface area contributed by atoms with E-state index in [2.05, 4.69) is 29.5 Å². The number of alkyl halides is 2. The zero-order chi connectivity index (χ0) is 19.8. The molecule has 0 saturated carbocycles. The van der Waals surface area contributed by atoms with Crippen LogP contribution in [-0.2, 0) is 0 Å². The van der Waals surface area contributed by atoms with E-state index in [1.165, 1.54) is 17.0 Å². The molecule has 1 atom stereocenters. The number of ether oxygens (including phenoxy) is 2. The Morgan fingerprint density at radius 1 is 1.11 bits per heavy atom. The Bertz CT molecular complexity index is 742. The van der Waals surface area contributed by atoms with Gasteiger partial charge in [-0.25, -0.2) is 0 Å². The van der Waals surface area contributed by atoms with Gasteiger partial charge < -0.3 is 25.0 Å². The minimum atomic E-state index is -2.84. The molecule has 0 aliphatic carbocycles. The summed E-state index contributed by atoms with van der Waals surface area (Å²) in [6.45, 7) is -2.24. The van der Waals surface area contributed by atoms with Gasteiger partial charge in [-0.3, -0.25) is 0 Å². The standard InChI is InChI=1S/C19H23F2N3O2S/c1-24(2)16(15-6-4-5-7-17(15)25-3)12-22-19(27)23-13-8-10-14(11-9-13)26-18(20)21/h4-11,16,18H,12H2,1-3H3,(H2,22,23,27)/p+1/t16-/m1/s1. The first-order chi connectivity index (χ1) is 12.9. The maximum atomic E-state index is 12.2. The fourth-order valence-electron chi connectivity index (χ4n) is 2.67. The third-order valence-electron chi connectivity index (χ3n) is 4.02. The summed E-state index contributed by atoms with van der Waals surface area (Å²) in [7, 11) is 5.79. The first-order valence-corrected chi connectivity index (χ1v) is 8.84. The van der Waals surface area contributed by atoms with Gasteiger partial charge in [0.25, 0.3) is 0 Å². The van der Waals surface area contributed by atoms with Crippen LogP contribution in [0.2, 0.25) is 0 Å². The molecule has 0 radical (unpaired) electrons. The summed E-state index contributed by atoms with van der Waals surface area (Å²) in [5.41, 5.74) is 1.77. The number of thiocarbonyl (C=S) groups is 1. The number of anilines is 1. The first-order valence-electron chi connectivity index (χ1n) is 8.43. The number of benzene rings is 2. The van der Waals surface area contributed by atoms with Crippen LogP contribution in [-0.4, -0.2) is 39.5 Å². The van der Waals surface area contributed by atoms with Crippen LogP contribution in [0, 0.1) is 0 Å². The molecule has 0 spiro atoms. The van der Waals surface area contributed by atoms with E-state index in [-0.39, 0.29) is 11.8 Å². The lowest BCUT2D eigenvalue weighted by Gasteiger charge is -2.24. The Labute approximate surface area is 163 Å². The zero-order valence-electron chi connectivity index (χ0n) is 15.5. The van der Waals surface area contributed by atoms with E-state index in [1.54, 1.807) is 19.2 Å². The van der Waals surface area contributed by atoms with Crippen LogP contribution in [0.25, 0.3) is 0 Å². The smallest absolute Gasteiger partial charge is 0.387 e. The largest absolute Gasteiger partial charge is 0.496 e. The molecule has 0 saturated heterocycles. The van der Waals surface area contributed by atoms with Crippen LogP contribution in [0.4, 0.5) is 14.5 Å². The van der Waals surface area contributed by atoms with Gasteiger partial charge in [-0.1, -0.05) is 12.1 Å². The van der Waals surface area contributed by atoms with Gasteiger partial charge in [-0.05, 0) is 48.6 Å². The molecule has 2 aromatic carbocycles. The quantitative estimate of drug-likeness (QED) is 0.599. The molecule has 0 aromatic heterocycles. The van der Waals surface area contributed by atoms with Crippen LogP contribution in [0.15, 0.2) is 48.5 Å². The van der Waals surface area contributed by atoms with Crippen molar-refractivity contribution in [1.82, 2.24) is 5.32 Å². The van der Waals surface area contributed by atoms with Crippen molar-refractivity contribution in [2.24, 2.45) is 0 Å². The number of methoxy groups -OCH3 is 1. The third-order valence-corrected chi connectivity index (χ3v) is 4.26. The number of para-hydroxylation sites is 1. The van der Waals surface area contributed by atoms with E-state index in [1.807, 2.05) is 24.3 Å². The fourth-order valence-corrected chi connectivity index (χ4v) is 2.87. The van der Waals surface area contributed by atoms with Crippen LogP contribution < -0.4 is 25.0 Å².